The zero-order valence-corrected chi connectivity index (χ0v) is 10.3. The molecule has 0 saturated carbocycles. The number of nitrogens with zero attached hydrogens (tertiary/aromatic N) is 1. The maximum absolute atomic E-state index is 10.3. The van der Waals surface area contributed by atoms with Crippen molar-refractivity contribution in [3.05, 3.63) is 49.3 Å². The SMILES string of the molecule is C=CC(=O)OCCCC.C=Cc1ccccn1. The molecule has 0 saturated heterocycles. The van der Waals surface area contributed by atoms with E-state index >= 15 is 0 Å². The molecule has 0 radical (unpaired) electrons. The third kappa shape index (κ3) is 9.05. The molecule has 0 aromatic carbocycles. The van der Waals surface area contributed by atoms with Crippen LogP contribution in [-0.2, 0) is 9.53 Å². The fourth-order valence-corrected chi connectivity index (χ4v) is 0.873. The summed E-state index contributed by atoms with van der Waals surface area (Å²) < 4.78 is 4.67. The average Bonchev–Trinajstić information content (AvgIpc) is 2.40. The molecule has 1 aromatic rings. The van der Waals surface area contributed by atoms with E-state index < -0.39 is 0 Å². The molecule has 0 amide bonds. The van der Waals surface area contributed by atoms with Crippen molar-refractivity contribution in [2.75, 3.05) is 6.61 Å². The van der Waals surface area contributed by atoms with Gasteiger partial charge < -0.3 is 4.74 Å². The van der Waals surface area contributed by atoms with Gasteiger partial charge in [-0.25, -0.2) is 4.79 Å². The molecular formula is C14H19NO2. The summed E-state index contributed by atoms with van der Waals surface area (Å²) >= 11 is 0. The molecule has 1 aromatic heterocycles. The molecule has 0 aliphatic heterocycles. The van der Waals surface area contributed by atoms with E-state index in [1.807, 2.05) is 25.1 Å². The zero-order chi connectivity index (χ0) is 12.9. The Kier molecular flexibility index (Phi) is 9.43. The lowest BCUT2D eigenvalue weighted by molar-refractivity contribution is -0.137. The highest BCUT2D eigenvalue weighted by Crippen LogP contribution is 1.92. The summed E-state index contributed by atoms with van der Waals surface area (Å²) in [6.45, 7) is 9.39. The Morgan fingerprint density at radius 2 is 2.24 bits per heavy atom. The molecule has 0 bridgehead atoms. The van der Waals surface area contributed by atoms with E-state index in [-0.39, 0.29) is 5.97 Å². The first-order valence-corrected chi connectivity index (χ1v) is 5.57. The molecule has 17 heavy (non-hydrogen) atoms. The largest absolute Gasteiger partial charge is 0.463 e. The van der Waals surface area contributed by atoms with Crippen LogP contribution in [0.5, 0.6) is 0 Å². The number of hydrogen-bond donors (Lipinski definition) is 0. The molecule has 1 heterocycles. The van der Waals surface area contributed by atoms with Crippen molar-refractivity contribution in [1.82, 2.24) is 4.98 Å². The number of esters is 1. The van der Waals surface area contributed by atoms with Crippen LogP contribution in [0.25, 0.3) is 6.08 Å². The number of aromatic nitrogens is 1. The van der Waals surface area contributed by atoms with Crippen LogP contribution in [0.2, 0.25) is 0 Å². The number of unbranched alkanes of at least 4 members (excludes halogenated alkanes) is 1. The van der Waals surface area contributed by atoms with Crippen LogP contribution in [0.15, 0.2) is 43.6 Å². The van der Waals surface area contributed by atoms with E-state index in [1.54, 1.807) is 12.3 Å². The van der Waals surface area contributed by atoms with Crippen LogP contribution in [0.1, 0.15) is 25.5 Å². The van der Waals surface area contributed by atoms with Gasteiger partial charge in [-0.05, 0) is 24.6 Å². The highest BCUT2D eigenvalue weighted by atomic mass is 16.5. The number of carbonyl (C=O) groups is 1. The van der Waals surface area contributed by atoms with E-state index in [1.165, 1.54) is 6.08 Å². The Morgan fingerprint density at radius 1 is 1.47 bits per heavy atom. The maximum atomic E-state index is 10.3. The monoisotopic (exact) mass is 233 g/mol. The van der Waals surface area contributed by atoms with Crippen molar-refractivity contribution in [2.45, 2.75) is 19.8 Å². The number of pyridine rings is 1. The first-order chi connectivity index (χ1) is 8.24. The first kappa shape index (κ1) is 15.1. The van der Waals surface area contributed by atoms with Crippen LogP contribution in [-0.4, -0.2) is 17.6 Å². The quantitative estimate of drug-likeness (QED) is 0.445. The predicted molar refractivity (Wildman–Crippen MR) is 70.4 cm³/mol. The van der Waals surface area contributed by atoms with Gasteiger partial charge >= 0.3 is 5.97 Å². The van der Waals surface area contributed by atoms with Crippen LogP contribution < -0.4 is 0 Å². The van der Waals surface area contributed by atoms with Crippen LogP contribution >= 0.6 is 0 Å². The minimum atomic E-state index is -0.330. The minimum Gasteiger partial charge on any atom is -0.463 e. The Hall–Kier alpha value is -1.90. The number of rotatable bonds is 5. The third-order valence-electron chi connectivity index (χ3n) is 1.81. The fraction of sp³-hybridized carbons (Fsp3) is 0.286. The molecule has 0 fully saturated rings. The van der Waals surface area contributed by atoms with Gasteiger partial charge in [-0.2, -0.15) is 0 Å². The topological polar surface area (TPSA) is 39.2 Å². The summed E-state index contributed by atoms with van der Waals surface area (Å²) in [5, 5.41) is 0. The Labute approximate surface area is 103 Å². The summed E-state index contributed by atoms with van der Waals surface area (Å²) in [6.07, 6.45) is 6.62. The zero-order valence-electron chi connectivity index (χ0n) is 10.3. The summed E-state index contributed by atoms with van der Waals surface area (Å²) in [5.41, 5.74) is 0.924. The molecule has 3 nitrogen and oxygen atoms in total. The Balaban J connectivity index is 0.000000302. The van der Waals surface area contributed by atoms with Crippen molar-refractivity contribution in [2.24, 2.45) is 0 Å². The molecule has 92 valence electrons. The van der Waals surface area contributed by atoms with Crippen molar-refractivity contribution in [1.29, 1.82) is 0 Å². The van der Waals surface area contributed by atoms with E-state index in [2.05, 4.69) is 22.9 Å². The summed E-state index contributed by atoms with van der Waals surface area (Å²) in [7, 11) is 0. The van der Waals surface area contributed by atoms with Crippen LogP contribution in [0, 0.1) is 0 Å². The molecule has 0 aliphatic carbocycles. The maximum Gasteiger partial charge on any atom is 0.330 e. The van der Waals surface area contributed by atoms with Gasteiger partial charge in [0, 0.05) is 12.3 Å². The van der Waals surface area contributed by atoms with Gasteiger partial charge in [0.05, 0.1) is 12.3 Å². The Bertz CT molecular complexity index is 333. The lowest BCUT2D eigenvalue weighted by Crippen LogP contribution is -2.00. The molecule has 0 aliphatic rings. The lowest BCUT2D eigenvalue weighted by Gasteiger charge is -1.97. The van der Waals surface area contributed by atoms with Gasteiger partial charge in [0.2, 0.25) is 0 Å². The highest BCUT2D eigenvalue weighted by Gasteiger charge is 1.91. The third-order valence-corrected chi connectivity index (χ3v) is 1.81. The van der Waals surface area contributed by atoms with Crippen molar-refractivity contribution >= 4 is 12.0 Å². The van der Waals surface area contributed by atoms with Gasteiger partial charge in [-0.15, -0.1) is 0 Å². The molecule has 0 atom stereocenters. The molecule has 0 unspecified atom stereocenters. The molecule has 3 heteroatoms. The van der Waals surface area contributed by atoms with Gasteiger partial charge in [-0.3, -0.25) is 4.98 Å². The summed E-state index contributed by atoms with van der Waals surface area (Å²) in [4.78, 5) is 14.3. The molecule has 0 N–H and O–H groups in total. The first-order valence-electron chi connectivity index (χ1n) is 5.57. The van der Waals surface area contributed by atoms with Gasteiger partial charge in [0.1, 0.15) is 0 Å². The van der Waals surface area contributed by atoms with Gasteiger partial charge in [0.15, 0.2) is 0 Å². The Morgan fingerprint density at radius 3 is 2.65 bits per heavy atom. The normalized spacial score (nSPS) is 8.53. The predicted octanol–water partition coefficient (Wildman–Crippen LogP) is 3.24. The number of ether oxygens (including phenoxy) is 1. The lowest BCUT2D eigenvalue weighted by atomic mass is 10.4. The van der Waals surface area contributed by atoms with Crippen LogP contribution in [0.3, 0.4) is 0 Å². The van der Waals surface area contributed by atoms with Crippen molar-refractivity contribution in [3.63, 3.8) is 0 Å². The van der Waals surface area contributed by atoms with E-state index in [4.69, 9.17) is 0 Å². The second-order valence-electron chi connectivity index (χ2n) is 3.18. The molecule has 1 rings (SSSR count). The van der Waals surface area contributed by atoms with Gasteiger partial charge in [0.25, 0.3) is 0 Å². The second-order valence-corrected chi connectivity index (χ2v) is 3.18. The fourth-order valence-electron chi connectivity index (χ4n) is 0.873. The van der Waals surface area contributed by atoms with Crippen LogP contribution in [0.4, 0.5) is 0 Å². The van der Waals surface area contributed by atoms with E-state index in [0.717, 1.165) is 18.5 Å². The average molecular weight is 233 g/mol. The molecular weight excluding hydrogens is 214 g/mol. The summed E-state index contributed by atoms with van der Waals surface area (Å²) in [6, 6.07) is 5.73. The minimum absolute atomic E-state index is 0.330. The standard InChI is InChI=1S/C7H7N.C7H12O2/c1-2-7-5-3-4-6-8-7;1-3-5-6-9-7(8)4-2/h2-6H,1H2;4H,2-3,5-6H2,1H3. The number of hydrogen-bond acceptors (Lipinski definition) is 3. The van der Waals surface area contributed by atoms with E-state index in [0.29, 0.717) is 6.61 Å². The smallest absolute Gasteiger partial charge is 0.330 e. The number of carbonyl (C=O) groups excluding carboxylic acids is 1. The van der Waals surface area contributed by atoms with E-state index in [9.17, 15) is 4.79 Å². The van der Waals surface area contributed by atoms with Crippen molar-refractivity contribution in [3.8, 4) is 0 Å². The van der Waals surface area contributed by atoms with Gasteiger partial charge in [-0.1, -0.05) is 32.6 Å². The molecule has 0 spiro atoms. The summed E-state index contributed by atoms with van der Waals surface area (Å²) in [5.74, 6) is -0.330. The second kappa shape index (κ2) is 10.6. The highest BCUT2D eigenvalue weighted by molar-refractivity contribution is 5.81. The van der Waals surface area contributed by atoms with Crippen molar-refractivity contribution < 1.29 is 9.53 Å².